The molecule has 2 heterocycles. The third-order valence-electron chi connectivity index (χ3n) is 5.49. The molecule has 2 aliphatic rings. The number of nitrogens with zero attached hydrogens (tertiary/aromatic N) is 3. The zero-order chi connectivity index (χ0) is 22.3. The van der Waals surface area contributed by atoms with Gasteiger partial charge < -0.3 is 14.7 Å². The molecule has 4 rings (SSSR count). The van der Waals surface area contributed by atoms with Crippen molar-refractivity contribution < 1.29 is 14.6 Å². The topological polar surface area (TPSA) is 76.8 Å². The number of carbonyl (C=O) groups is 1. The summed E-state index contributed by atoms with van der Waals surface area (Å²) < 4.78 is 5.70. The van der Waals surface area contributed by atoms with Gasteiger partial charge in [0.05, 0.1) is 40.8 Å². The lowest BCUT2D eigenvalue weighted by molar-refractivity contribution is -0.129. The van der Waals surface area contributed by atoms with E-state index in [0.717, 1.165) is 16.8 Å². The normalized spacial score (nSPS) is 18.7. The van der Waals surface area contributed by atoms with Crippen molar-refractivity contribution in [3.63, 3.8) is 0 Å². The summed E-state index contributed by atoms with van der Waals surface area (Å²) in [5.74, 6) is 0.416. The second-order valence-corrected chi connectivity index (χ2v) is 9.55. The number of halogens is 2. The van der Waals surface area contributed by atoms with Gasteiger partial charge in [-0.25, -0.2) is 0 Å². The maximum atomic E-state index is 13.1. The van der Waals surface area contributed by atoms with Gasteiger partial charge in [-0.05, 0) is 58.2 Å². The minimum Gasteiger partial charge on any atom is -0.503 e. The zero-order valence-corrected chi connectivity index (χ0v) is 20.0. The monoisotopic (exact) mass is 519 g/mol. The van der Waals surface area contributed by atoms with E-state index in [0.29, 0.717) is 38.4 Å². The van der Waals surface area contributed by atoms with Crippen LogP contribution in [0.2, 0.25) is 5.02 Å². The van der Waals surface area contributed by atoms with Gasteiger partial charge in [-0.1, -0.05) is 29.4 Å². The number of hydrogen-bond acceptors (Lipinski definition) is 6. The first-order valence-electron chi connectivity index (χ1n) is 9.49. The summed E-state index contributed by atoms with van der Waals surface area (Å²) in [5, 5.41) is 21.4. The number of hydrogen-bond donors (Lipinski definition) is 1. The number of allylic oxidation sites excluding steroid dienone is 1. The number of nitriles is 1. The maximum Gasteiger partial charge on any atom is 0.229 e. The lowest BCUT2D eigenvalue weighted by atomic mass is 9.86. The first-order chi connectivity index (χ1) is 14.8. The molecule has 2 aromatic carbocycles. The number of fused-ring (bicyclic) bond motifs is 1. The summed E-state index contributed by atoms with van der Waals surface area (Å²) in [7, 11) is 1.46. The molecule has 0 spiro atoms. The molecule has 0 radical (unpaired) electrons. The van der Waals surface area contributed by atoms with Crippen LogP contribution in [0.3, 0.4) is 0 Å². The van der Waals surface area contributed by atoms with Crippen LogP contribution in [0.4, 0.5) is 5.69 Å². The summed E-state index contributed by atoms with van der Waals surface area (Å²) in [5.41, 5.74) is 3.22. The third-order valence-corrected chi connectivity index (χ3v) is 7.65. The molecule has 160 valence electrons. The second-order valence-electron chi connectivity index (χ2n) is 7.35. The quantitative estimate of drug-likeness (QED) is 0.588. The van der Waals surface area contributed by atoms with Gasteiger partial charge in [0.2, 0.25) is 5.91 Å². The average Bonchev–Trinajstić information content (AvgIpc) is 2.77. The van der Waals surface area contributed by atoms with Crippen LogP contribution >= 0.6 is 39.3 Å². The number of thioether (sulfide) groups is 1. The molecule has 6 nitrogen and oxygen atoms in total. The first kappa shape index (κ1) is 21.9. The molecule has 1 unspecified atom stereocenters. The van der Waals surface area contributed by atoms with E-state index in [2.05, 4.69) is 26.9 Å². The average molecular weight is 521 g/mol. The molecular formula is C22H19BrClN3O3S. The number of ether oxygens (including phenoxy) is 1. The van der Waals surface area contributed by atoms with Crippen molar-refractivity contribution in [3.05, 3.63) is 61.6 Å². The number of methoxy groups -OCH3 is 1. The highest BCUT2D eigenvalue weighted by Gasteiger charge is 2.38. The van der Waals surface area contributed by atoms with E-state index >= 15 is 0 Å². The molecule has 2 aromatic rings. The van der Waals surface area contributed by atoms with Crippen LogP contribution in [0.25, 0.3) is 0 Å². The van der Waals surface area contributed by atoms with E-state index in [9.17, 15) is 15.2 Å². The predicted octanol–water partition coefficient (Wildman–Crippen LogP) is 5.34. The fourth-order valence-electron chi connectivity index (χ4n) is 3.74. The largest absolute Gasteiger partial charge is 0.503 e. The Labute approximate surface area is 198 Å². The van der Waals surface area contributed by atoms with Gasteiger partial charge in [0.1, 0.15) is 0 Å². The minimum absolute atomic E-state index is 0.0133. The highest BCUT2D eigenvalue weighted by Crippen LogP contribution is 2.46. The second kappa shape index (κ2) is 8.65. The Kier molecular flexibility index (Phi) is 6.11. The number of amides is 1. The van der Waals surface area contributed by atoms with E-state index in [1.54, 1.807) is 17.0 Å². The molecule has 2 aliphatic heterocycles. The number of benzene rings is 2. The minimum atomic E-state index is -0.401. The lowest BCUT2D eigenvalue weighted by Crippen LogP contribution is -2.47. The van der Waals surface area contributed by atoms with E-state index < -0.39 is 5.92 Å². The Bertz CT molecular complexity index is 1150. The van der Waals surface area contributed by atoms with E-state index in [-0.39, 0.29) is 18.1 Å². The molecule has 31 heavy (non-hydrogen) atoms. The molecule has 0 saturated carbocycles. The predicted molar refractivity (Wildman–Crippen MR) is 125 cm³/mol. The summed E-state index contributed by atoms with van der Waals surface area (Å²) >= 11 is 11.1. The smallest absolute Gasteiger partial charge is 0.229 e. The van der Waals surface area contributed by atoms with Gasteiger partial charge in [-0.2, -0.15) is 5.26 Å². The summed E-state index contributed by atoms with van der Waals surface area (Å²) in [6.45, 7) is 2.31. The molecule has 1 saturated heterocycles. The number of carbonyl (C=O) groups excluding carboxylic acids is 1. The fourth-order valence-corrected chi connectivity index (χ4v) is 5.54. The van der Waals surface area contributed by atoms with Gasteiger partial charge in [-0.3, -0.25) is 9.69 Å². The molecule has 1 N–H and O–H groups in total. The Hall–Kier alpha value is -2.34. The molecule has 0 aliphatic carbocycles. The number of rotatable bonds is 3. The fraction of sp³-hybridized carbons (Fsp3) is 0.273. The molecular weight excluding hydrogens is 502 g/mol. The van der Waals surface area contributed by atoms with Crippen molar-refractivity contribution in [1.29, 1.82) is 5.26 Å². The van der Waals surface area contributed by atoms with Crippen LogP contribution in [0.5, 0.6) is 11.5 Å². The van der Waals surface area contributed by atoms with Gasteiger partial charge in [0, 0.05) is 23.0 Å². The van der Waals surface area contributed by atoms with Crippen molar-refractivity contribution >= 4 is 50.9 Å². The molecule has 1 atom stereocenters. The van der Waals surface area contributed by atoms with Gasteiger partial charge in [0.25, 0.3) is 0 Å². The Morgan fingerprint density at radius 2 is 2.13 bits per heavy atom. The number of anilines is 1. The molecule has 9 heteroatoms. The first-order valence-corrected chi connectivity index (χ1v) is 11.6. The van der Waals surface area contributed by atoms with Crippen LogP contribution in [0, 0.1) is 18.3 Å². The number of phenols is 1. The van der Waals surface area contributed by atoms with Crippen molar-refractivity contribution in [3.8, 4) is 17.6 Å². The molecule has 1 fully saturated rings. The molecule has 0 bridgehead atoms. The highest BCUT2D eigenvalue weighted by atomic mass is 79.9. The Morgan fingerprint density at radius 1 is 1.35 bits per heavy atom. The Morgan fingerprint density at radius 3 is 2.81 bits per heavy atom. The standard InChI is InChI=1S/C22H19BrClN3O3S/c1-12-3-4-14(7-18(12)24)26-10-27-20(28)8-15(16(9-25)22(27)31-11-26)13-5-17(23)21(29)19(6-13)30-2/h3-7,15,29H,8,10-11H2,1-2H3. The molecule has 0 aromatic heterocycles. The van der Waals surface area contributed by atoms with Crippen molar-refractivity contribution in [1.82, 2.24) is 4.90 Å². The number of aryl methyl sites for hydroxylation is 1. The van der Waals surface area contributed by atoms with Crippen LogP contribution in [0.15, 0.2) is 45.4 Å². The van der Waals surface area contributed by atoms with Gasteiger partial charge in [-0.15, -0.1) is 0 Å². The van der Waals surface area contributed by atoms with Gasteiger partial charge in [0.15, 0.2) is 11.5 Å². The zero-order valence-electron chi connectivity index (χ0n) is 16.9. The summed E-state index contributed by atoms with van der Waals surface area (Å²) in [6, 6.07) is 11.6. The lowest BCUT2D eigenvalue weighted by Gasteiger charge is -2.42. The SMILES string of the molecule is COc1cc(C2CC(=O)N3CN(c4ccc(C)c(Cl)c4)CSC3=C2C#N)cc(Br)c1O. The Balaban J connectivity index is 1.69. The molecule has 1 amide bonds. The van der Waals surface area contributed by atoms with Gasteiger partial charge >= 0.3 is 0 Å². The van der Waals surface area contributed by atoms with Crippen LogP contribution in [-0.4, -0.2) is 35.6 Å². The summed E-state index contributed by atoms with van der Waals surface area (Å²) in [6.07, 6.45) is 0.163. The highest BCUT2D eigenvalue weighted by molar-refractivity contribution is 9.10. The van der Waals surface area contributed by atoms with Crippen LogP contribution in [-0.2, 0) is 4.79 Å². The third kappa shape index (κ3) is 3.98. The van der Waals surface area contributed by atoms with E-state index in [1.165, 1.54) is 18.9 Å². The maximum absolute atomic E-state index is 13.1. The van der Waals surface area contributed by atoms with Crippen molar-refractivity contribution in [2.75, 3.05) is 24.6 Å². The summed E-state index contributed by atoms with van der Waals surface area (Å²) in [4.78, 5) is 16.8. The van der Waals surface area contributed by atoms with Crippen molar-refractivity contribution in [2.24, 2.45) is 0 Å². The number of aromatic hydroxyl groups is 1. The van der Waals surface area contributed by atoms with Crippen LogP contribution in [0.1, 0.15) is 23.5 Å². The van der Waals surface area contributed by atoms with Crippen LogP contribution < -0.4 is 9.64 Å². The van der Waals surface area contributed by atoms with E-state index in [4.69, 9.17) is 16.3 Å². The number of phenolic OH excluding ortho intramolecular Hbond substituents is 1. The van der Waals surface area contributed by atoms with E-state index in [1.807, 2.05) is 25.1 Å². The van der Waals surface area contributed by atoms with Crippen molar-refractivity contribution in [2.45, 2.75) is 19.3 Å².